The Hall–Kier alpha value is -1.90. The molecule has 4 heteroatoms. The first kappa shape index (κ1) is 21.1. The zero-order valence-corrected chi connectivity index (χ0v) is 16.4. The maximum absolute atomic E-state index is 2.32. The van der Waals surface area contributed by atoms with Crippen LogP contribution in [-0.2, 0) is 13.1 Å². The molecule has 2 aromatic heterocycles. The average Bonchev–Trinajstić information content (AvgIpc) is 2.57. The Morgan fingerprint density at radius 1 is 0.600 bits per heavy atom. The van der Waals surface area contributed by atoms with Crippen LogP contribution < -0.4 is 33.9 Å². The zero-order valence-electron chi connectivity index (χ0n) is 14.9. The SMILES string of the molecule is Cc1cc(C)c(C[n+]2ccccc2)c(C)c1C[n+]1ccccc1.[Cl-].[Cl-]. The van der Waals surface area contributed by atoms with E-state index in [1.165, 1.54) is 27.8 Å². The van der Waals surface area contributed by atoms with E-state index in [-0.39, 0.29) is 24.8 Å². The summed E-state index contributed by atoms with van der Waals surface area (Å²) in [7, 11) is 0. The van der Waals surface area contributed by atoms with Crippen molar-refractivity contribution in [2.45, 2.75) is 33.9 Å². The second-order valence-electron chi connectivity index (χ2n) is 6.19. The number of rotatable bonds is 4. The fourth-order valence-corrected chi connectivity index (χ4v) is 3.20. The number of nitrogens with zero attached hydrogens (tertiary/aromatic N) is 2. The minimum absolute atomic E-state index is 0. The van der Waals surface area contributed by atoms with Gasteiger partial charge in [0.05, 0.1) is 0 Å². The van der Waals surface area contributed by atoms with Crippen molar-refractivity contribution in [2.24, 2.45) is 0 Å². The van der Waals surface area contributed by atoms with E-state index in [0.717, 1.165) is 13.1 Å². The fourth-order valence-electron chi connectivity index (χ4n) is 3.20. The normalized spacial score (nSPS) is 9.88. The third-order valence-electron chi connectivity index (χ3n) is 4.53. The van der Waals surface area contributed by atoms with Crippen molar-refractivity contribution in [3.63, 3.8) is 0 Å². The molecule has 132 valence electrons. The molecule has 0 spiro atoms. The Morgan fingerprint density at radius 3 is 1.32 bits per heavy atom. The van der Waals surface area contributed by atoms with Crippen molar-refractivity contribution < 1.29 is 33.9 Å². The highest BCUT2D eigenvalue weighted by Gasteiger charge is 2.16. The topological polar surface area (TPSA) is 7.76 Å². The molecule has 0 fully saturated rings. The van der Waals surface area contributed by atoms with Crippen LogP contribution in [0.1, 0.15) is 27.8 Å². The summed E-state index contributed by atoms with van der Waals surface area (Å²) >= 11 is 0. The molecule has 0 unspecified atom stereocenters. The first-order valence-corrected chi connectivity index (χ1v) is 8.12. The standard InChI is InChI=1S/C21H24N2.2ClH/c1-17-14-18(2)21(16-23-12-8-5-9-13-23)19(3)20(17)15-22-10-6-4-7-11-22;;/h4-14H,15-16H2,1-3H3;2*1H/q+2;;/p-2. The highest BCUT2D eigenvalue weighted by Crippen LogP contribution is 2.22. The predicted molar refractivity (Wildman–Crippen MR) is 92.1 cm³/mol. The van der Waals surface area contributed by atoms with Crippen LogP contribution in [0.25, 0.3) is 0 Å². The molecule has 0 atom stereocenters. The summed E-state index contributed by atoms with van der Waals surface area (Å²) in [6.07, 6.45) is 8.52. The van der Waals surface area contributed by atoms with E-state index >= 15 is 0 Å². The van der Waals surface area contributed by atoms with Gasteiger partial charge < -0.3 is 24.8 Å². The Balaban J connectivity index is 0.00000156. The number of aromatic nitrogens is 2. The number of benzene rings is 1. The Labute approximate surface area is 163 Å². The van der Waals surface area contributed by atoms with Gasteiger partial charge in [0.25, 0.3) is 0 Å². The van der Waals surface area contributed by atoms with E-state index < -0.39 is 0 Å². The molecule has 0 saturated heterocycles. The molecule has 0 radical (unpaired) electrons. The van der Waals surface area contributed by atoms with Crippen molar-refractivity contribution >= 4 is 0 Å². The van der Waals surface area contributed by atoms with Crippen molar-refractivity contribution in [3.05, 3.63) is 95.1 Å². The van der Waals surface area contributed by atoms with Crippen LogP contribution in [-0.4, -0.2) is 0 Å². The minimum Gasteiger partial charge on any atom is -1.00 e. The summed E-state index contributed by atoms with van der Waals surface area (Å²) < 4.78 is 4.48. The van der Waals surface area contributed by atoms with Gasteiger partial charge in [0.1, 0.15) is 0 Å². The molecule has 0 amide bonds. The van der Waals surface area contributed by atoms with E-state index in [9.17, 15) is 0 Å². The van der Waals surface area contributed by atoms with Crippen molar-refractivity contribution in [1.29, 1.82) is 0 Å². The van der Waals surface area contributed by atoms with E-state index in [1.54, 1.807) is 0 Å². The third kappa shape index (κ3) is 5.04. The molecule has 3 rings (SSSR count). The van der Waals surface area contributed by atoms with Gasteiger partial charge in [0, 0.05) is 35.4 Å². The van der Waals surface area contributed by atoms with E-state index in [2.05, 4.69) is 97.2 Å². The van der Waals surface area contributed by atoms with Crippen LogP contribution in [0.4, 0.5) is 0 Å². The second kappa shape index (κ2) is 9.55. The van der Waals surface area contributed by atoms with E-state index in [1.807, 2.05) is 0 Å². The summed E-state index contributed by atoms with van der Waals surface area (Å²) in [5, 5.41) is 0. The quantitative estimate of drug-likeness (QED) is 0.439. The lowest BCUT2D eigenvalue weighted by Gasteiger charge is -2.14. The lowest BCUT2D eigenvalue weighted by molar-refractivity contribution is -0.689. The van der Waals surface area contributed by atoms with Gasteiger partial charge in [-0.3, -0.25) is 0 Å². The maximum Gasteiger partial charge on any atom is 0.174 e. The van der Waals surface area contributed by atoms with Crippen LogP contribution >= 0.6 is 0 Å². The highest BCUT2D eigenvalue weighted by molar-refractivity contribution is 5.44. The largest absolute Gasteiger partial charge is 1.00 e. The first-order chi connectivity index (χ1) is 11.1. The third-order valence-corrected chi connectivity index (χ3v) is 4.53. The summed E-state index contributed by atoms with van der Waals surface area (Å²) in [4.78, 5) is 0. The van der Waals surface area contributed by atoms with Crippen molar-refractivity contribution in [2.75, 3.05) is 0 Å². The van der Waals surface area contributed by atoms with Gasteiger partial charge >= 0.3 is 0 Å². The van der Waals surface area contributed by atoms with Crippen LogP contribution in [0.2, 0.25) is 0 Å². The van der Waals surface area contributed by atoms with Crippen LogP contribution in [0.15, 0.2) is 67.3 Å². The van der Waals surface area contributed by atoms with Gasteiger partial charge in [-0.25, -0.2) is 9.13 Å². The highest BCUT2D eigenvalue weighted by atomic mass is 35.5. The summed E-state index contributed by atoms with van der Waals surface area (Å²) in [6.45, 7) is 8.55. The molecule has 1 aromatic carbocycles. The lowest BCUT2D eigenvalue weighted by atomic mass is 9.93. The average molecular weight is 375 g/mol. The lowest BCUT2D eigenvalue weighted by Crippen LogP contribution is -3.00. The maximum atomic E-state index is 2.32. The number of halogens is 2. The molecular formula is C21H24Cl2N2. The number of hydrogen-bond donors (Lipinski definition) is 0. The smallest absolute Gasteiger partial charge is 0.174 e. The van der Waals surface area contributed by atoms with Gasteiger partial charge in [-0.05, 0) is 37.5 Å². The van der Waals surface area contributed by atoms with Gasteiger partial charge in [0.2, 0.25) is 0 Å². The van der Waals surface area contributed by atoms with Gasteiger partial charge in [-0.1, -0.05) is 18.2 Å². The van der Waals surface area contributed by atoms with Gasteiger partial charge in [-0.15, -0.1) is 0 Å². The molecular weight excluding hydrogens is 351 g/mol. The molecule has 0 aliphatic rings. The van der Waals surface area contributed by atoms with E-state index in [4.69, 9.17) is 0 Å². The molecule has 0 bridgehead atoms. The Kier molecular flexibility index (Phi) is 8.08. The minimum atomic E-state index is 0. The molecule has 25 heavy (non-hydrogen) atoms. The zero-order chi connectivity index (χ0) is 16.2. The first-order valence-electron chi connectivity index (χ1n) is 8.12. The van der Waals surface area contributed by atoms with Crippen LogP contribution in [0.5, 0.6) is 0 Å². The Bertz CT molecular complexity index is 737. The predicted octanol–water partition coefficient (Wildman–Crippen LogP) is -2.71. The monoisotopic (exact) mass is 374 g/mol. The van der Waals surface area contributed by atoms with E-state index in [0.29, 0.717) is 0 Å². The van der Waals surface area contributed by atoms with Gasteiger partial charge in [0.15, 0.2) is 37.9 Å². The molecule has 2 heterocycles. The molecule has 0 aliphatic carbocycles. The molecule has 0 saturated carbocycles. The number of pyridine rings is 2. The molecule has 3 aromatic rings. The Morgan fingerprint density at radius 2 is 0.960 bits per heavy atom. The number of hydrogen-bond acceptors (Lipinski definition) is 0. The second-order valence-corrected chi connectivity index (χ2v) is 6.19. The molecule has 2 nitrogen and oxygen atoms in total. The fraction of sp³-hybridized carbons (Fsp3) is 0.238. The summed E-state index contributed by atoms with van der Waals surface area (Å²) in [5.41, 5.74) is 7.02. The molecule has 0 N–H and O–H groups in total. The molecule has 0 aliphatic heterocycles. The van der Waals surface area contributed by atoms with Gasteiger partial charge in [-0.2, -0.15) is 0 Å². The van der Waals surface area contributed by atoms with Crippen molar-refractivity contribution in [1.82, 2.24) is 0 Å². The summed E-state index contributed by atoms with van der Waals surface area (Å²) in [5.74, 6) is 0. The summed E-state index contributed by atoms with van der Waals surface area (Å²) in [6, 6.07) is 14.8. The van der Waals surface area contributed by atoms with Crippen LogP contribution in [0.3, 0.4) is 0 Å². The van der Waals surface area contributed by atoms with Crippen LogP contribution in [0, 0.1) is 20.8 Å². The number of aryl methyl sites for hydroxylation is 2. The van der Waals surface area contributed by atoms with Crippen molar-refractivity contribution in [3.8, 4) is 0 Å².